The molecule has 5 heteroatoms. The Labute approximate surface area is 123 Å². The van der Waals surface area contributed by atoms with E-state index in [1.165, 1.54) is 0 Å². The molecule has 2 aromatic carbocycles. The van der Waals surface area contributed by atoms with Gasteiger partial charge in [-0.05, 0) is 36.4 Å². The highest BCUT2D eigenvalue weighted by Crippen LogP contribution is 2.23. The second kappa shape index (κ2) is 6.82. The van der Waals surface area contributed by atoms with Crippen LogP contribution in [0.4, 0.5) is 5.69 Å². The van der Waals surface area contributed by atoms with Crippen LogP contribution >= 0.6 is 11.6 Å². The summed E-state index contributed by atoms with van der Waals surface area (Å²) in [4.78, 5) is 0. The molecule has 0 spiro atoms. The Morgan fingerprint density at radius 3 is 2.45 bits per heavy atom. The van der Waals surface area contributed by atoms with Crippen LogP contribution in [0.3, 0.4) is 0 Å². The molecule has 0 saturated carbocycles. The minimum absolute atomic E-state index is 0.691. The van der Waals surface area contributed by atoms with Crippen molar-refractivity contribution >= 4 is 23.5 Å². The lowest BCUT2D eigenvalue weighted by molar-refractivity contribution is 0.394. The molecule has 0 fully saturated rings. The number of nitrogens with one attached hydrogen (secondary N) is 1. The van der Waals surface area contributed by atoms with E-state index in [0.717, 1.165) is 17.0 Å². The molecule has 0 aromatic heterocycles. The molecule has 0 bridgehead atoms. The molecule has 20 heavy (non-hydrogen) atoms. The van der Waals surface area contributed by atoms with Gasteiger partial charge in [0.1, 0.15) is 11.5 Å². The highest BCUT2D eigenvalue weighted by Gasteiger charge is 2.02. The summed E-state index contributed by atoms with van der Waals surface area (Å²) < 4.78 is 10.4. The first-order valence-corrected chi connectivity index (χ1v) is 6.37. The van der Waals surface area contributed by atoms with E-state index in [1.807, 2.05) is 30.3 Å². The summed E-state index contributed by atoms with van der Waals surface area (Å²) in [5.74, 6) is 1.44. The molecule has 0 unspecified atom stereocenters. The number of nitrogens with zero attached hydrogens (tertiary/aromatic N) is 1. The zero-order chi connectivity index (χ0) is 14.4. The number of methoxy groups -OCH3 is 2. The van der Waals surface area contributed by atoms with E-state index in [2.05, 4.69) is 10.5 Å². The van der Waals surface area contributed by atoms with Crippen LogP contribution in [0.15, 0.2) is 47.6 Å². The molecule has 0 heterocycles. The highest BCUT2D eigenvalue weighted by molar-refractivity contribution is 6.30. The zero-order valence-electron chi connectivity index (χ0n) is 11.3. The van der Waals surface area contributed by atoms with Crippen LogP contribution in [0.2, 0.25) is 5.02 Å². The minimum atomic E-state index is 0.691. The average Bonchev–Trinajstić information content (AvgIpc) is 2.49. The van der Waals surface area contributed by atoms with E-state index in [-0.39, 0.29) is 0 Å². The van der Waals surface area contributed by atoms with Crippen molar-refractivity contribution in [1.82, 2.24) is 0 Å². The summed E-state index contributed by atoms with van der Waals surface area (Å²) in [6.45, 7) is 0. The van der Waals surface area contributed by atoms with Gasteiger partial charge in [0, 0.05) is 16.7 Å². The number of hydrazone groups is 1. The Balaban J connectivity index is 2.09. The van der Waals surface area contributed by atoms with Crippen LogP contribution in [0, 0.1) is 0 Å². The fourth-order valence-corrected chi connectivity index (χ4v) is 1.75. The van der Waals surface area contributed by atoms with Gasteiger partial charge < -0.3 is 9.47 Å². The summed E-state index contributed by atoms with van der Waals surface area (Å²) in [5, 5.41) is 4.86. The molecular formula is C15H15ClN2O2. The number of ether oxygens (including phenoxy) is 2. The molecule has 0 aliphatic heterocycles. The van der Waals surface area contributed by atoms with Crippen LogP contribution in [0.25, 0.3) is 0 Å². The van der Waals surface area contributed by atoms with Gasteiger partial charge in [-0.25, -0.2) is 0 Å². The zero-order valence-corrected chi connectivity index (χ0v) is 12.0. The van der Waals surface area contributed by atoms with Crippen molar-refractivity contribution in [2.75, 3.05) is 19.6 Å². The molecule has 0 atom stereocenters. The molecule has 2 rings (SSSR count). The maximum absolute atomic E-state index is 5.82. The largest absolute Gasteiger partial charge is 0.497 e. The van der Waals surface area contributed by atoms with Gasteiger partial charge in [-0.15, -0.1) is 0 Å². The van der Waals surface area contributed by atoms with Crippen molar-refractivity contribution in [3.05, 3.63) is 53.1 Å². The average molecular weight is 291 g/mol. The van der Waals surface area contributed by atoms with Crippen LogP contribution in [-0.4, -0.2) is 20.4 Å². The van der Waals surface area contributed by atoms with Gasteiger partial charge in [-0.3, -0.25) is 5.43 Å². The van der Waals surface area contributed by atoms with Gasteiger partial charge in [-0.2, -0.15) is 5.10 Å². The molecule has 0 aliphatic rings. The molecule has 0 amide bonds. The number of halogens is 1. The van der Waals surface area contributed by atoms with Crippen molar-refractivity contribution in [2.45, 2.75) is 0 Å². The molecule has 104 valence electrons. The SMILES string of the molecule is COc1ccc(/C=N/Nc2ccc(Cl)cc2)c(OC)c1. The number of anilines is 1. The fraction of sp³-hybridized carbons (Fsp3) is 0.133. The van der Waals surface area contributed by atoms with Crippen molar-refractivity contribution in [3.63, 3.8) is 0 Å². The third kappa shape index (κ3) is 3.65. The summed E-state index contributed by atoms with van der Waals surface area (Å²) in [6, 6.07) is 12.8. The number of hydrogen-bond donors (Lipinski definition) is 1. The van der Waals surface area contributed by atoms with Crippen LogP contribution in [0.1, 0.15) is 5.56 Å². The van der Waals surface area contributed by atoms with E-state index in [9.17, 15) is 0 Å². The molecular weight excluding hydrogens is 276 g/mol. The summed E-state index contributed by atoms with van der Waals surface area (Å²) >= 11 is 5.82. The summed E-state index contributed by atoms with van der Waals surface area (Å²) in [5.41, 5.74) is 4.64. The van der Waals surface area contributed by atoms with Crippen molar-refractivity contribution in [1.29, 1.82) is 0 Å². The van der Waals surface area contributed by atoms with Gasteiger partial charge in [-0.1, -0.05) is 11.6 Å². The Morgan fingerprint density at radius 2 is 1.80 bits per heavy atom. The first kappa shape index (κ1) is 14.2. The lowest BCUT2D eigenvalue weighted by Crippen LogP contribution is -1.95. The van der Waals surface area contributed by atoms with E-state index >= 15 is 0 Å². The highest BCUT2D eigenvalue weighted by atomic mass is 35.5. The number of rotatable bonds is 5. The normalized spacial score (nSPS) is 10.6. The Hall–Kier alpha value is -2.20. The monoisotopic (exact) mass is 290 g/mol. The van der Waals surface area contributed by atoms with Gasteiger partial charge in [0.2, 0.25) is 0 Å². The van der Waals surface area contributed by atoms with E-state index in [0.29, 0.717) is 10.8 Å². The fourth-order valence-electron chi connectivity index (χ4n) is 1.63. The lowest BCUT2D eigenvalue weighted by atomic mass is 10.2. The molecule has 0 radical (unpaired) electrons. The van der Waals surface area contributed by atoms with E-state index in [1.54, 1.807) is 32.6 Å². The van der Waals surface area contributed by atoms with E-state index < -0.39 is 0 Å². The molecule has 0 aliphatic carbocycles. The van der Waals surface area contributed by atoms with Crippen molar-refractivity contribution in [2.24, 2.45) is 5.10 Å². The Morgan fingerprint density at radius 1 is 1.05 bits per heavy atom. The smallest absolute Gasteiger partial charge is 0.131 e. The van der Waals surface area contributed by atoms with Crippen LogP contribution < -0.4 is 14.9 Å². The number of benzene rings is 2. The maximum Gasteiger partial charge on any atom is 0.131 e. The first-order valence-electron chi connectivity index (χ1n) is 5.99. The predicted octanol–water partition coefficient (Wildman–Crippen LogP) is 3.80. The quantitative estimate of drug-likeness (QED) is 0.673. The van der Waals surface area contributed by atoms with Crippen LogP contribution in [-0.2, 0) is 0 Å². The number of hydrogen-bond acceptors (Lipinski definition) is 4. The van der Waals surface area contributed by atoms with Gasteiger partial charge >= 0.3 is 0 Å². The standard InChI is InChI=1S/C15H15ClN2O2/c1-19-14-8-3-11(15(9-14)20-2)10-17-18-13-6-4-12(16)5-7-13/h3-10,18H,1-2H3/b17-10+. The maximum atomic E-state index is 5.82. The van der Waals surface area contributed by atoms with Gasteiger partial charge in [0.15, 0.2) is 0 Å². The van der Waals surface area contributed by atoms with E-state index in [4.69, 9.17) is 21.1 Å². The summed E-state index contributed by atoms with van der Waals surface area (Å²) in [6.07, 6.45) is 1.69. The summed E-state index contributed by atoms with van der Waals surface area (Å²) in [7, 11) is 3.23. The predicted molar refractivity (Wildman–Crippen MR) is 82.2 cm³/mol. The third-order valence-corrected chi connectivity index (χ3v) is 2.93. The Kier molecular flexibility index (Phi) is 4.85. The Bertz CT molecular complexity index is 597. The van der Waals surface area contributed by atoms with Crippen LogP contribution in [0.5, 0.6) is 11.5 Å². The second-order valence-corrected chi connectivity index (χ2v) is 4.42. The molecule has 2 aromatic rings. The molecule has 4 nitrogen and oxygen atoms in total. The topological polar surface area (TPSA) is 42.8 Å². The molecule has 1 N–H and O–H groups in total. The minimum Gasteiger partial charge on any atom is -0.497 e. The third-order valence-electron chi connectivity index (χ3n) is 2.68. The van der Waals surface area contributed by atoms with Gasteiger partial charge in [0.05, 0.1) is 26.1 Å². The van der Waals surface area contributed by atoms with Crippen molar-refractivity contribution < 1.29 is 9.47 Å². The molecule has 0 saturated heterocycles. The lowest BCUT2D eigenvalue weighted by Gasteiger charge is -2.07. The first-order chi connectivity index (χ1) is 9.72. The van der Waals surface area contributed by atoms with Crippen molar-refractivity contribution in [3.8, 4) is 11.5 Å². The second-order valence-electron chi connectivity index (χ2n) is 3.98. The van der Waals surface area contributed by atoms with Gasteiger partial charge in [0.25, 0.3) is 0 Å².